The van der Waals surface area contributed by atoms with Gasteiger partial charge in [-0.05, 0) is 25.7 Å². The van der Waals surface area contributed by atoms with Crippen molar-refractivity contribution in [2.24, 2.45) is 11.8 Å². The van der Waals surface area contributed by atoms with Crippen molar-refractivity contribution >= 4 is 17.5 Å². The third kappa shape index (κ3) is 3.05. The smallest absolute Gasteiger partial charge is 0.277 e. The van der Waals surface area contributed by atoms with Gasteiger partial charge in [-0.15, -0.1) is 0 Å². The summed E-state index contributed by atoms with van der Waals surface area (Å²) in [6.45, 7) is 5.54. The Morgan fingerprint density at radius 1 is 1.21 bits per heavy atom. The van der Waals surface area contributed by atoms with Crippen LogP contribution in [0.1, 0.15) is 62.5 Å². The van der Waals surface area contributed by atoms with Crippen molar-refractivity contribution < 1.29 is 9.59 Å². The molecule has 0 bridgehead atoms. The zero-order chi connectivity index (χ0) is 20.3. The highest BCUT2D eigenvalue weighted by Crippen LogP contribution is 2.34. The molecule has 0 spiro atoms. The number of aromatic amines is 1. The number of amides is 2. The van der Waals surface area contributed by atoms with Crippen LogP contribution < -0.4 is 5.56 Å². The fourth-order valence-electron chi connectivity index (χ4n) is 4.63. The first-order valence-electron chi connectivity index (χ1n) is 10.7. The first-order chi connectivity index (χ1) is 13.9. The molecule has 1 saturated carbocycles. The van der Waals surface area contributed by atoms with E-state index >= 15 is 0 Å². The number of nitrogens with zero attached hydrogens (tertiary/aromatic N) is 4. The number of hydrogen-bond acceptors (Lipinski definition) is 4. The molecule has 2 amide bonds. The molecule has 2 fully saturated rings. The topological polar surface area (TPSA) is 90.8 Å². The molecular formula is C21H27N5O3. The van der Waals surface area contributed by atoms with Crippen molar-refractivity contribution in [3.63, 3.8) is 0 Å². The van der Waals surface area contributed by atoms with Gasteiger partial charge >= 0.3 is 0 Å². The minimum Gasteiger partial charge on any atom is -0.337 e. The molecule has 4 heterocycles. The van der Waals surface area contributed by atoms with Crippen molar-refractivity contribution in [2.45, 2.75) is 58.5 Å². The minimum absolute atomic E-state index is 0.0454. The highest BCUT2D eigenvalue weighted by atomic mass is 16.2. The molecule has 5 rings (SSSR count). The van der Waals surface area contributed by atoms with Gasteiger partial charge in [0.1, 0.15) is 0 Å². The van der Waals surface area contributed by atoms with E-state index in [1.807, 2.05) is 24.8 Å². The molecule has 154 valence electrons. The van der Waals surface area contributed by atoms with Crippen molar-refractivity contribution in [2.75, 3.05) is 13.1 Å². The average Bonchev–Trinajstić information content (AvgIpc) is 3.29. The lowest BCUT2D eigenvalue weighted by atomic mass is 10.1. The first kappa shape index (κ1) is 18.4. The SMILES string of the molecule is CC(C)C(=O)N1CCC[C@H]1c1cc2nc3c(c(=O)n2[nH]1)CN(C(=O)C1CC1)CC3. The number of rotatable bonds is 3. The second-order valence-corrected chi connectivity index (χ2v) is 8.88. The zero-order valence-corrected chi connectivity index (χ0v) is 17.0. The summed E-state index contributed by atoms with van der Waals surface area (Å²) in [5.74, 6) is 0.407. The quantitative estimate of drug-likeness (QED) is 0.852. The number of H-pyrrole nitrogens is 1. The number of carbonyl (C=O) groups is 2. The van der Waals surface area contributed by atoms with Crippen LogP contribution in [-0.2, 0) is 22.6 Å². The van der Waals surface area contributed by atoms with Crippen LogP contribution in [0.15, 0.2) is 10.9 Å². The summed E-state index contributed by atoms with van der Waals surface area (Å²) in [7, 11) is 0. The molecule has 8 nitrogen and oxygen atoms in total. The van der Waals surface area contributed by atoms with Crippen molar-refractivity contribution in [3.8, 4) is 0 Å². The van der Waals surface area contributed by atoms with Gasteiger partial charge in [0.15, 0.2) is 5.65 Å². The van der Waals surface area contributed by atoms with E-state index in [0.717, 1.165) is 43.6 Å². The van der Waals surface area contributed by atoms with E-state index in [2.05, 4.69) is 5.10 Å². The van der Waals surface area contributed by atoms with E-state index in [1.54, 1.807) is 4.90 Å². The van der Waals surface area contributed by atoms with E-state index in [-0.39, 0.29) is 35.3 Å². The van der Waals surface area contributed by atoms with Gasteiger partial charge in [-0.2, -0.15) is 0 Å². The number of aromatic nitrogens is 3. The summed E-state index contributed by atoms with van der Waals surface area (Å²) in [5, 5.41) is 3.20. The van der Waals surface area contributed by atoms with Gasteiger partial charge in [-0.25, -0.2) is 9.50 Å². The molecule has 0 aromatic carbocycles. The molecule has 8 heteroatoms. The summed E-state index contributed by atoms with van der Waals surface area (Å²) in [5.41, 5.74) is 2.72. The van der Waals surface area contributed by atoms with Crippen molar-refractivity contribution in [1.82, 2.24) is 24.4 Å². The Labute approximate surface area is 168 Å². The van der Waals surface area contributed by atoms with Crippen LogP contribution in [0.3, 0.4) is 0 Å². The van der Waals surface area contributed by atoms with Gasteiger partial charge in [-0.3, -0.25) is 19.5 Å². The van der Waals surface area contributed by atoms with Gasteiger partial charge < -0.3 is 9.80 Å². The lowest BCUT2D eigenvalue weighted by Gasteiger charge is -2.27. The summed E-state index contributed by atoms with van der Waals surface area (Å²) < 4.78 is 1.48. The van der Waals surface area contributed by atoms with E-state index in [1.165, 1.54) is 4.52 Å². The van der Waals surface area contributed by atoms with E-state index in [9.17, 15) is 14.4 Å². The molecule has 1 N–H and O–H groups in total. The second-order valence-electron chi connectivity index (χ2n) is 8.88. The Kier molecular flexibility index (Phi) is 4.26. The summed E-state index contributed by atoms with van der Waals surface area (Å²) in [4.78, 5) is 46.6. The Morgan fingerprint density at radius 2 is 2.00 bits per heavy atom. The maximum absolute atomic E-state index is 13.2. The van der Waals surface area contributed by atoms with Crippen LogP contribution in [0.2, 0.25) is 0 Å². The Bertz CT molecular complexity index is 1050. The molecule has 3 aliphatic rings. The van der Waals surface area contributed by atoms with Crippen LogP contribution in [0.4, 0.5) is 0 Å². The van der Waals surface area contributed by atoms with Gasteiger partial charge in [0, 0.05) is 37.4 Å². The van der Waals surface area contributed by atoms with Crippen molar-refractivity contribution in [3.05, 3.63) is 33.4 Å². The fourth-order valence-corrected chi connectivity index (χ4v) is 4.63. The number of likely N-dealkylation sites (tertiary alicyclic amines) is 1. The highest BCUT2D eigenvalue weighted by Gasteiger charge is 2.36. The third-order valence-electron chi connectivity index (χ3n) is 6.41. The maximum Gasteiger partial charge on any atom is 0.277 e. The molecule has 2 aromatic heterocycles. The molecule has 2 aliphatic heterocycles. The highest BCUT2D eigenvalue weighted by molar-refractivity contribution is 5.81. The number of carbonyl (C=O) groups excluding carboxylic acids is 2. The van der Waals surface area contributed by atoms with E-state index in [0.29, 0.717) is 30.7 Å². The van der Waals surface area contributed by atoms with Crippen LogP contribution >= 0.6 is 0 Å². The van der Waals surface area contributed by atoms with Crippen molar-refractivity contribution in [1.29, 1.82) is 0 Å². The second kappa shape index (κ2) is 6.71. The molecule has 0 radical (unpaired) electrons. The predicted molar refractivity (Wildman–Crippen MR) is 106 cm³/mol. The van der Waals surface area contributed by atoms with Gasteiger partial charge in [-0.1, -0.05) is 13.8 Å². The molecular weight excluding hydrogens is 370 g/mol. The van der Waals surface area contributed by atoms with Crippen LogP contribution in [-0.4, -0.2) is 49.3 Å². The molecule has 29 heavy (non-hydrogen) atoms. The van der Waals surface area contributed by atoms with Crippen LogP contribution in [0.5, 0.6) is 0 Å². The van der Waals surface area contributed by atoms with Crippen LogP contribution in [0, 0.1) is 11.8 Å². The molecule has 1 atom stereocenters. The number of fused-ring (bicyclic) bond motifs is 2. The van der Waals surface area contributed by atoms with E-state index < -0.39 is 0 Å². The largest absolute Gasteiger partial charge is 0.337 e. The third-order valence-corrected chi connectivity index (χ3v) is 6.41. The Hall–Kier alpha value is -2.64. The molecule has 1 aliphatic carbocycles. The van der Waals surface area contributed by atoms with Gasteiger partial charge in [0.25, 0.3) is 5.56 Å². The molecule has 0 unspecified atom stereocenters. The summed E-state index contributed by atoms with van der Waals surface area (Å²) in [6, 6.07) is 1.86. The zero-order valence-electron chi connectivity index (χ0n) is 17.0. The molecule has 2 aromatic rings. The number of nitrogens with one attached hydrogen (secondary N) is 1. The maximum atomic E-state index is 13.2. The molecule has 1 saturated heterocycles. The average molecular weight is 397 g/mol. The predicted octanol–water partition coefficient (Wildman–Crippen LogP) is 1.64. The minimum atomic E-state index is -0.135. The van der Waals surface area contributed by atoms with Gasteiger partial charge in [0.2, 0.25) is 11.8 Å². The van der Waals surface area contributed by atoms with Gasteiger partial charge in [0.05, 0.1) is 29.5 Å². The summed E-state index contributed by atoms with van der Waals surface area (Å²) in [6.07, 6.45) is 4.37. The first-order valence-corrected chi connectivity index (χ1v) is 10.7. The Balaban J connectivity index is 1.49. The normalized spacial score (nSPS) is 21.8. The van der Waals surface area contributed by atoms with Crippen LogP contribution in [0.25, 0.3) is 5.65 Å². The number of hydrogen-bond donors (Lipinski definition) is 1. The Morgan fingerprint density at radius 3 is 2.72 bits per heavy atom. The monoisotopic (exact) mass is 397 g/mol. The fraction of sp³-hybridized carbons (Fsp3) is 0.619. The lowest BCUT2D eigenvalue weighted by Crippen LogP contribution is -2.40. The van der Waals surface area contributed by atoms with E-state index in [4.69, 9.17) is 4.98 Å². The lowest BCUT2D eigenvalue weighted by molar-refractivity contribution is -0.135. The standard InChI is InChI=1S/C21H27N5O3/c1-12(2)19(27)25-8-3-4-17(25)16-10-18-22-15-7-9-24(20(28)13-5-6-13)11-14(15)21(29)26(18)23-16/h10,12-13,17,23H,3-9,11H2,1-2H3/t17-/m0/s1. The summed E-state index contributed by atoms with van der Waals surface area (Å²) >= 11 is 0.